The van der Waals surface area contributed by atoms with E-state index in [1.807, 2.05) is 17.0 Å². The number of nitrogens with zero attached hydrogens (tertiary/aromatic N) is 4. The normalized spacial score (nSPS) is 16.5. The largest absolute Gasteiger partial charge is 0.342 e. The van der Waals surface area contributed by atoms with Crippen LogP contribution in [-0.2, 0) is 16.0 Å². The average molecular weight is 474 g/mol. The summed E-state index contributed by atoms with van der Waals surface area (Å²) in [6, 6.07) is 18.1. The molecule has 1 N–H and O–H groups in total. The smallest absolute Gasteiger partial charge is 0.238 e. The highest BCUT2D eigenvalue weighted by molar-refractivity contribution is 6.01. The summed E-state index contributed by atoms with van der Waals surface area (Å²) in [5.41, 5.74) is 2.39. The Morgan fingerprint density at radius 2 is 1.74 bits per heavy atom. The maximum Gasteiger partial charge on any atom is 0.238 e. The van der Waals surface area contributed by atoms with Crippen LogP contribution in [0.5, 0.6) is 0 Å². The molecule has 0 spiro atoms. The molecule has 2 aliphatic rings. The molecule has 180 valence electrons. The van der Waals surface area contributed by atoms with Crippen molar-refractivity contribution in [3.05, 3.63) is 83.8 Å². The monoisotopic (exact) mass is 473 g/mol. The summed E-state index contributed by atoms with van der Waals surface area (Å²) in [7, 11) is 0. The number of likely N-dealkylation sites (tertiary alicyclic amines) is 1. The number of piperidine rings is 1. The second-order valence-corrected chi connectivity index (χ2v) is 9.13. The van der Waals surface area contributed by atoms with Crippen molar-refractivity contribution < 1.29 is 14.0 Å². The minimum atomic E-state index is -0.335. The molecule has 0 atom stereocenters. The summed E-state index contributed by atoms with van der Waals surface area (Å²) in [6.45, 7) is 2.64. The van der Waals surface area contributed by atoms with Crippen LogP contribution in [-0.4, -0.2) is 53.1 Å². The molecular weight excluding hydrogens is 445 g/mol. The topological polar surface area (TPSA) is 78.4 Å². The Kier molecular flexibility index (Phi) is 6.81. The fraction of sp³-hybridized carbons (Fsp3) is 0.333. The van der Waals surface area contributed by atoms with Gasteiger partial charge in [-0.1, -0.05) is 30.3 Å². The highest BCUT2D eigenvalue weighted by Gasteiger charge is 2.32. The second-order valence-electron chi connectivity index (χ2n) is 9.13. The third-order valence-corrected chi connectivity index (χ3v) is 6.91. The van der Waals surface area contributed by atoms with Crippen LogP contribution < -0.4 is 10.2 Å². The Morgan fingerprint density at radius 1 is 1.00 bits per heavy atom. The molecule has 2 aromatic carbocycles. The van der Waals surface area contributed by atoms with E-state index in [4.69, 9.17) is 0 Å². The van der Waals surface area contributed by atoms with Crippen molar-refractivity contribution in [1.29, 1.82) is 0 Å². The van der Waals surface area contributed by atoms with Crippen LogP contribution in [0.1, 0.15) is 29.9 Å². The lowest BCUT2D eigenvalue weighted by Gasteiger charge is -2.33. The molecule has 2 amide bonds. The highest BCUT2D eigenvalue weighted by Crippen LogP contribution is 2.32. The van der Waals surface area contributed by atoms with Crippen molar-refractivity contribution in [2.45, 2.75) is 25.2 Å². The van der Waals surface area contributed by atoms with Crippen molar-refractivity contribution in [2.75, 3.05) is 31.1 Å². The summed E-state index contributed by atoms with van der Waals surface area (Å²) in [5, 5.41) is 11.3. The molecule has 2 saturated heterocycles. The van der Waals surface area contributed by atoms with Crippen LogP contribution in [0.3, 0.4) is 0 Å². The van der Waals surface area contributed by atoms with E-state index in [2.05, 4.69) is 27.6 Å². The van der Waals surface area contributed by atoms with Gasteiger partial charge in [0.15, 0.2) is 5.82 Å². The molecule has 3 heterocycles. The molecular formula is C27H28FN5O2. The van der Waals surface area contributed by atoms with Crippen LogP contribution in [0.4, 0.5) is 15.9 Å². The molecule has 8 heteroatoms. The number of amides is 2. The molecule has 3 aromatic rings. The van der Waals surface area contributed by atoms with E-state index in [1.54, 1.807) is 41.4 Å². The lowest BCUT2D eigenvalue weighted by atomic mass is 9.89. The van der Waals surface area contributed by atoms with Gasteiger partial charge in [0.05, 0.1) is 18.0 Å². The van der Waals surface area contributed by atoms with Gasteiger partial charge in [-0.3, -0.25) is 14.5 Å². The van der Waals surface area contributed by atoms with Gasteiger partial charge in [0.1, 0.15) is 5.82 Å². The number of anilines is 2. The summed E-state index contributed by atoms with van der Waals surface area (Å²) in [6.07, 6.45) is 3.38. The van der Waals surface area contributed by atoms with Gasteiger partial charge in [0, 0.05) is 32.4 Å². The highest BCUT2D eigenvalue weighted by atomic mass is 19.1. The number of carbonyl (C=O) groups excluding carboxylic acids is 2. The molecule has 0 saturated carbocycles. The Hall–Kier alpha value is -3.65. The van der Waals surface area contributed by atoms with Crippen molar-refractivity contribution in [1.82, 2.24) is 20.4 Å². The maximum absolute atomic E-state index is 13.9. The zero-order chi connectivity index (χ0) is 24.2. The Bertz CT molecular complexity index is 1180. The summed E-state index contributed by atoms with van der Waals surface area (Å²) in [5.74, 6) is 0.421. The van der Waals surface area contributed by atoms with Gasteiger partial charge in [-0.2, -0.15) is 5.10 Å². The number of aromatic nitrogens is 2. The number of halogens is 1. The average Bonchev–Trinajstić information content (AvgIpc) is 2.86. The number of carbonyl (C=O) groups is 2. The van der Waals surface area contributed by atoms with Crippen LogP contribution in [0.2, 0.25) is 0 Å². The zero-order valence-corrected chi connectivity index (χ0v) is 19.4. The lowest BCUT2D eigenvalue weighted by Crippen LogP contribution is -2.51. The Morgan fingerprint density at radius 3 is 2.37 bits per heavy atom. The van der Waals surface area contributed by atoms with Crippen LogP contribution in [0.25, 0.3) is 0 Å². The predicted molar refractivity (Wildman–Crippen MR) is 131 cm³/mol. The first-order valence-corrected chi connectivity index (χ1v) is 12.0. The summed E-state index contributed by atoms with van der Waals surface area (Å²) >= 11 is 0. The number of rotatable bonds is 6. The second kappa shape index (κ2) is 10.3. The molecule has 0 aliphatic carbocycles. The van der Waals surface area contributed by atoms with E-state index in [0.29, 0.717) is 43.5 Å². The first-order chi connectivity index (χ1) is 17.1. The van der Waals surface area contributed by atoms with E-state index in [9.17, 15) is 14.0 Å². The summed E-state index contributed by atoms with van der Waals surface area (Å²) < 4.78 is 13.9. The fourth-order valence-corrected chi connectivity index (χ4v) is 4.71. The first-order valence-electron chi connectivity index (χ1n) is 12.0. The van der Waals surface area contributed by atoms with E-state index < -0.39 is 0 Å². The molecule has 0 radical (unpaired) electrons. The fourth-order valence-electron chi connectivity index (χ4n) is 4.71. The molecule has 2 fully saturated rings. The Balaban J connectivity index is 1.24. The van der Waals surface area contributed by atoms with Gasteiger partial charge in [0.25, 0.3) is 0 Å². The maximum atomic E-state index is 13.9. The molecule has 7 nitrogen and oxygen atoms in total. The Labute approximate surface area is 204 Å². The molecule has 1 aromatic heterocycles. The van der Waals surface area contributed by atoms with Gasteiger partial charge in [0.2, 0.25) is 11.8 Å². The van der Waals surface area contributed by atoms with Crippen LogP contribution in [0.15, 0.2) is 66.9 Å². The third kappa shape index (κ3) is 5.07. The molecule has 0 unspecified atom stereocenters. The van der Waals surface area contributed by atoms with E-state index in [0.717, 1.165) is 18.5 Å². The minimum Gasteiger partial charge on any atom is -0.342 e. The van der Waals surface area contributed by atoms with Crippen molar-refractivity contribution in [3.8, 4) is 0 Å². The van der Waals surface area contributed by atoms with E-state index in [1.165, 1.54) is 11.6 Å². The van der Waals surface area contributed by atoms with Gasteiger partial charge in [-0.15, -0.1) is 5.10 Å². The number of hydrogen-bond donors (Lipinski definition) is 1. The zero-order valence-electron chi connectivity index (χ0n) is 19.4. The quantitative estimate of drug-likeness (QED) is 0.593. The minimum absolute atomic E-state index is 0.0127. The molecule has 0 bridgehead atoms. The van der Waals surface area contributed by atoms with Crippen LogP contribution >= 0.6 is 0 Å². The standard InChI is InChI=1S/C27H28FN5O2/c28-24-5-2-1-4-21(24)16-26(34)32-14-11-20(12-15-32)19-7-9-23(10-8-19)33(25-6-3-13-30-31-25)27(35)22-17-29-18-22/h1-10,13,20,22,29H,11-12,14-18H2. The third-order valence-electron chi connectivity index (χ3n) is 6.91. The molecule has 35 heavy (non-hydrogen) atoms. The first kappa shape index (κ1) is 23.1. The van der Waals surface area contributed by atoms with Gasteiger partial charge in [-0.25, -0.2) is 4.39 Å². The van der Waals surface area contributed by atoms with Crippen molar-refractivity contribution in [2.24, 2.45) is 5.92 Å². The number of hydrogen-bond acceptors (Lipinski definition) is 5. The van der Waals surface area contributed by atoms with Crippen molar-refractivity contribution in [3.63, 3.8) is 0 Å². The van der Waals surface area contributed by atoms with Gasteiger partial charge >= 0.3 is 0 Å². The van der Waals surface area contributed by atoms with Gasteiger partial charge in [-0.05, 0) is 60.2 Å². The number of benzene rings is 2. The van der Waals surface area contributed by atoms with Gasteiger partial charge < -0.3 is 10.2 Å². The van der Waals surface area contributed by atoms with E-state index >= 15 is 0 Å². The molecule has 2 aliphatic heterocycles. The van der Waals surface area contributed by atoms with E-state index in [-0.39, 0.29) is 30.0 Å². The van der Waals surface area contributed by atoms with Crippen molar-refractivity contribution >= 4 is 23.3 Å². The van der Waals surface area contributed by atoms with Crippen LogP contribution in [0, 0.1) is 11.7 Å². The lowest BCUT2D eigenvalue weighted by molar-refractivity contribution is -0.131. The SMILES string of the molecule is O=C(Cc1ccccc1F)N1CCC(c2ccc(N(C(=O)C3CNC3)c3cccnn3)cc2)CC1. The molecule has 5 rings (SSSR count). The number of nitrogens with one attached hydrogen (secondary N) is 1. The predicted octanol–water partition coefficient (Wildman–Crippen LogP) is 3.45. The summed E-state index contributed by atoms with van der Waals surface area (Å²) in [4.78, 5) is 29.3.